The molecule has 4 nitrogen and oxygen atoms in total. The molecule has 130 valence electrons. The zero-order valence-electron chi connectivity index (χ0n) is 14.0. The zero-order valence-corrected chi connectivity index (χ0v) is 14.0. The highest BCUT2D eigenvalue weighted by atomic mass is 19.2. The van der Waals surface area contributed by atoms with Crippen molar-refractivity contribution in [2.24, 2.45) is 0 Å². The fourth-order valence-corrected chi connectivity index (χ4v) is 2.38. The van der Waals surface area contributed by atoms with Gasteiger partial charge in [-0.3, -0.25) is 0 Å². The maximum atomic E-state index is 13.8. The van der Waals surface area contributed by atoms with Crippen LogP contribution in [0.2, 0.25) is 0 Å². The summed E-state index contributed by atoms with van der Waals surface area (Å²) in [6.45, 7) is 7.57. The lowest BCUT2D eigenvalue weighted by molar-refractivity contribution is 0.449. The van der Waals surface area contributed by atoms with E-state index in [1.54, 1.807) is 0 Å². The molecule has 0 aliphatic heterocycles. The van der Waals surface area contributed by atoms with Crippen molar-refractivity contribution in [2.75, 3.05) is 23.3 Å². The monoisotopic (exact) mass is 338 g/mol. The highest BCUT2D eigenvalue weighted by Crippen LogP contribution is 2.24. The Morgan fingerprint density at radius 3 is 2.33 bits per heavy atom. The summed E-state index contributed by atoms with van der Waals surface area (Å²) in [5.41, 5.74) is 0.605. The number of rotatable bonds is 7. The van der Waals surface area contributed by atoms with Crippen LogP contribution in [0.3, 0.4) is 0 Å². The Balaban J connectivity index is 2.40. The van der Waals surface area contributed by atoms with Crippen molar-refractivity contribution in [3.63, 3.8) is 0 Å². The second kappa shape index (κ2) is 7.99. The molecule has 2 aromatic rings. The smallest absolute Gasteiger partial charge is 0.229 e. The molecular weight excluding hydrogens is 317 g/mol. The fourth-order valence-electron chi connectivity index (χ4n) is 2.38. The third-order valence-electron chi connectivity index (χ3n) is 3.64. The van der Waals surface area contributed by atoms with Crippen LogP contribution in [0.4, 0.5) is 30.6 Å². The Hall–Kier alpha value is -2.31. The largest absolute Gasteiger partial charge is 0.357 e. The van der Waals surface area contributed by atoms with Gasteiger partial charge in [0.15, 0.2) is 17.5 Å². The standard InChI is InChI=1S/C17H21F3N4/c1-4-7-11-10-14(24(5-2)6-3)23-17(21-11)22-13-9-8-12(18)15(19)16(13)20/h8-10H,4-7H2,1-3H3,(H,21,22,23). The number of nitrogens with one attached hydrogen (secondary N) is 1. The first-order valence-corrected chi connectivity index (χ1v) is 8.03. The van der Waals surface area contributed by atoms with Gasteiger partial charge >= 0.3 is 0 Å². The molecule has 0 saturated heterocycles. The van der Waals surface area contributed by atoms with Gasteiger partial charge in [0.1, 0.15) is 5.82 Å². The Bertz CT molecular complexity index is 702. The first-order chi connectivity index (χ1) is 11.5. The molecule has 24 heavy (non-hydrogen) atoms. The van der Waals surface area contributed by atoms with Crippen molar-refractivity contribution in [1.82, 2.24) is 9.97 Å². The molecule has 0 atom stereocenters. The van der Waals surface area contributed by atoms with Crippen molar-refractivity contribution < 1.29 is 13.2 Å². The van der Waals surface area contributed by atoms with Gasteiger partial charge < -0.3 is 10.2 Å². The van der Waals surface area contributed by atoms with E-state index in [-0.39, 0.29) is 11.6 Å². The van der Waals surface area contributed by atoms with E-state index in [1.165, 1.54) is 0 Å². The molecule has 0 aliphatic carbocycles. The Kier molecular flexibility index (Phi) is 6.00. The van der Waals surface area contributed by atoms with Gasteiger partial charge in [0.05, 0.1) is 5.69 Å². The summed E-state index contributed by atoms with van der Waals surface area (Å²) in [4.78, 5) is 10.7. The van der Waals surface area contributed by atoms with Crippen LogP contribution in [-0.4, -0.2) is 23.1 Å². The molecule has 0 unspecified atom stereocenters. The summed E-state index contributed by atoms with van der Waals surface area (Å²) in [6.07, 6.45) is 1.64. The van der Waals surface area contributed by atoms with Gasteiger partial charge in [0, 0.05) is 24.8 Å². The molecule has 0 radical (unpaired) electrons. The lowest BCUT2D eigenvalue weighted by Gasteiger charge is -2.21. The van der Waals surface area contributed by atoms with Gasteiger partial charge in [-0.25, -0.2) is 18.2 Å². The lowest BCUT2D eigenvalue weighted by atomic mass is 10.2. The maximum absolute atomic E-state index is 13.8. The number of aromatic nitrogens is 2. The maximum Gasteiger partial charge on any atom is 0.229 e. The Morgan fingerprint density at radius 1 is 1.00 bits per heavy atom. The minimum absolute atomic E-state index is 0.160. The molecule has 2 rings (SSSR count). The number of halogens is 3. The third kappa shape index (κ3) is 3.96. The number of hydrogen-bond acceptors (Lipinski definition) is 4. The highest BCUT2D eigenvalue weighted by molar-refractivity contribution is 5.56. The van der Waals surface area contributed by atoms with Crippen molar-refractivity contribution in [1.29, 1.82) is 0 Å². The zero-order chi connectivity index (χ0) is 17.7. The molecule has 1 N–H and O–H groups in total. The summed E-state index contributed by atoms with van der Waals surface area (Å²) in [5, 5.41) is 2.65. The molecule has 0 aliphatic rings. The molecule has 7 heteroatoms. The van der Waals surface area contributed by atoms with Crippen molar-refractivity contribution in [3.05, 3.63) is 41.3 Å². The molecular formula is C17H21F3N4. The Morgan fingerprint density at radius 2 is 1.71 bits per heavy atom. The number of hydrogen-bond donors (Lipinski definition) is 1. The SMILES string of the molecule is CCCc1cc(N(CC)CC)nc(Nc2ccc(F)c(F)c2F)n1. The summed E-state index contributed by atoms with van der Waals surface area (Å²) in [7, 11) is 0. The van der Waals surface area contributed by atoms with Gasteiger partial charge in [-0.15, -0.1) is 0 Å². The van der Waals surface area contributed by atoms with Crippen LogP contribution in [0.5, 0.6) is 0 Å². The molecule has 1 aromatic carbocycles. The number of anilines is 3. The van der Waals surface area contributed by atoms with Crippen LogP contribution in [0.25, 0.3) is 0 Å². The number of aryl methyl sites for hydroxylation is 1. The number of benzene rings is 1. The molecule has 0 fully saturated rings. The third-order valence-corrected chi connectivity index (χ3v) is 3.64. The highest BCUT2D eigenvalue weighted by Gasteiger charge is 2.15. The van der Waals surface area contributed by atoms with E-state index in [4.69, 9.17) is 0 Å². The van der Waals surface area contributed by atoms with Gasteiger partial charge in [-0.1, -0.05) is 13.3 Å². The van der Waals surface area contributed by atoms with E-state index in [0.29, 0.717) is 5.82 Å². The minimum atomic E-state index is -1.52. The predicted octanol–water partition coefficient (Wildman–Crippen LogP) is 4.44. The molecule has 0 bridgehead atoms. The van der Waals surface area contributed by atoms with Crippen LogP contribution in [0.1, 0.15) is 32.9 Å². The molecule has 1 aromatic heterocycles. The van der Waals surface area contributed by atoms with Crippen LogP contribution in [0.15, 0.2) is 18.2 Å². The second-order valence-electron chi connectivity index (χ2n) is 5.31. The summed E-state index contributed by atoms with van der Waals surface area (Å²) < 4.78 is 40.3. The van der Waals surface area contributed by atoms with Gasteiger partial charge in [0.25, 0.3) is 0 Å². The summed E-state index contributed by atoms with van der Waals surface area (Å²) in [5.74, 6) is -3.17. The predicted molar refractivity (Wildman–Crippen MR) is 89.2 cm³/mol. The van der Waals surface area contributed by atoms with E-state index in [1.807, 2.05) is 31.7 Å². The second-order valence-corrected chi connectivity index (χ2v) is 5.31. The average molecular weight is 338 g/mol. The quantitative estimate of drug-likeness (QED) is 0.758. The molecule has 0 saturated carbocycles. The van der Waals surface area contributed by atoms with E-state index < -0.39 is 17.5 Å². The summed E-state index contributed by atoms with van der Waals surface area (Å²) in [6, 6.07) is 3.88. The van der Waals surface area contributed by atoms with Crippen LogP contribution >= 0.6 is 0 Å². The van der Waals surface area contributed by atoms with Crippen molar-refractivity contribution >= 4 is 17.5 Å². The molecule has 0 amide bonds. The van der Waals surface area contributed by atoms with E-state index >= 15 is 0 Å². The van der Waals surface area contributed by atoms with E-state index in [2.05, 4.69) is 15.3 Å². The average Bonchev–Trinajstić information content (AvgIpc) is 2.57. The topological polar surface area (TPSA) is 41.1 Å². The van der Waals surface area contributed by atoms with E-state index in [0.717, 1.165) is 43.8 Å². The van der Waals surface area contributed by atoms with Crippen LogP contribution < -0.4 is 10.2 Å². The lowest BCUT2D eigenvalue weighted by Crippen LogP contribution is -2.23. The van der Waals surface area contributed by atoms with Gasteiger partial charge in [-0.2, -0.15) is 4.98 Å². The summed E-state index contributed by atoms with van der Waals surface area (Å²) >= 11 is 0. The minimum Gasteiger partial charge on any atom is -0.357 e. The van der Waals surface area contributed by atoms with Crippen molar-refractivity contribution in [2.45, 2.75) is 33.6 Å². The Labute approximate surface area is 139 Å². The fraction of sp³-hybridized carbons (Fsp3) is 0.412. The van der Waals surface area contributed by atoms with Crippen molar-refractivity contribution in [3.8, 4) is 0 Å². The van der Waals surface area contributed by atoms with E-state index in [9.17, 15) is 13.2 Å². The number of nitrogens with zero attached hydrogens (tertiary/aromatic N) is 3. The molecule has 1 heterocycles. The first kappa shape index (κ1) is 18.0. The van der Waals surface area contributed by atoms with Crippen LogP contribution in [0, 0.1) is 17.5 Å². The van der Waals surface area contributed by atoms with Gasteiger partial charge in [-0.05, 0) is 32.4 Å². The van der Waals surface area contributed by atoms with Gasteiger partial charge in [0.2, 0.25) is 5.95 Å². The molecule has 0 spiro atoms. The normalized spacial score (nSPS) is 10.8. The first-order valence-electron chi connectivity index (χ1n) is 8.03. The van der Waals surface area contributed by atoms with Crippen LogP contribution in [-0.2, 0) is 6.42 Å².